The molecule has 1 unspecified atom stereocenters. The Hall–Kier alpha value is -0.0400. The SMILES string of the molecule is CCCNC(CC1CCCCCC1)C1CCCCCC1. The van der Waals surface area contributed by atoms with Crippen LogP contribution in [0.5, 0.6) is 0 Å². The van der Waals surface area contributed by atoms with Crippen molar-refractivity contribution in [3.05, 3.63) is 0 Å². The molecule has 0 heterocycles. The lowest BCUT2D eigenvalue weighted by atomic mass is 9.83. The van der Waals surface area contributed by atoms with Gasteiger partial charge in [0.15, 0.2) is 0 Å². The van der Waals surface area contributed by atoms with Gasteiger partial charge in [0.1, 0.15) is 0 Å². The van der Waals surface area contributed by atoms with E-state index in [1.807, 2.05) is 0 Å². The molecule has 2 aliphatic rings. The van der Waals surface area contributed by atoms with Crippen molar-refractivity contribution in [3.8, 4) is 0 Å². The maximum absolute atomic E-state index is 3.93. The third-order valence-electron chi connectivity index (χ3n) is 5.69. The van der Waals surface area contributed by atoms with Gasteiger partial charge in [-0.25, -0.2) is 0 Å². The Balaban J connectivity index is 1.86. The highest BCUT2D eigenvalue weighted by Crippen LogP contribution is 2.32. The first-order chi connectivity index (χ1) is 9.90. The Morgan fingerprint density at radius 3 is 1.90 bits per heavy atom. The van der Waals surface area contributed by atoms with Crippen LogP contribution in [0, 0.1) is 11.8 Å². The molecule has 2 fully saturated rings. The van der Waals surface area contributed by atoms with Gasteiger partial charge in [-0.1, -0.05) is 71.1 Å². The van der Waals surface area contributed by atoms with Crippen molar-refractivity contribution in [2.45, 2.75) is 103 Å². The van der Waals surface area contributed by atoms with E-state index in [1.165, 1.54) is 96.4 Å². The molecule has 0 amide bonds. The highest BCUT2D eigenvalue weighted by molar-refractivity contribution is 4.81. The van der Waals surface area contributed by atoms with Gasteiger partial charge in [-0.15, -0.1) is 0 Å². The molecule has 118 valence electrons. The van der Waals surface area contributed by atoms with Crippen molar-refractivity contribution in [3.63, 3.8) is 0 Å². The Morgan fingerprint density at radius 1 is 0.800 bits per heavy atom. The zero-order valence-corrected chi connectivity index (χ0v) is 13.8. The standard InChI is InChI=1S/C19H37N/c1-2-15-20-19(18-13-9-5-6-10-14-18)16-17-11-7-3-4-8-12-17/h17-20H,2-16H2,1H3. The monoisotopic (exact) mass is 279 g/mol. The van der Waals surface area contributed by atoms with E-state index in [-0.39, 0.29) is 0 Å². The number of hydrogen-bond acceptors (Lipinski definition) is 1. The fourth-order valence-electron chi connectivity index (χ4n) is 4.44. The van der Waals surface area contributed by atoms with E-state index in [1.54, 1.807) is 0 Å². The van der Waals surface area contributed by atoms with E-state index in [2.05, 4.69) is 12.2 Å². The predicted molar refractivity (Wildman–Crippen MR) is 89.1 cm³/mol. The Labute approximate surface area is 127 Å². The van der Waals surface area contributed by atoms with E-state index in [0.29, 0.717) is 0 Å². The van der Waals surface area contributed by atoms with Gasteiger partial charge in [-0.05, 0) is 44.1 Å². The van der Waals surface area contributed by atoms with Gasteiger partial charge in [0.2, 0.25) is 0 Å². The number of nitrogens with one attached hydrogen (secondary N) is 1. The third-order valence-corrected chi connectivity index (χ3v) is 5.69. The van der Waals surface area contributed by atoms with Gasteiger partial charge in [-0.2, -0.15) is 0 Å². The first-order valence-corrected chi connectivity index (χ1v) is 9.63. The van der Waals surface area contributed by atoms with Crippen LogP contribution >= 0.6 is 0 Å². The van der Waals surface area contributed by atoms with Crippen molar-refractivity contribution >= 4 is 0 Å². The summed E-state index contributed by atoms with van der Waals surface area (Å²) in [5, 5.41) is 3.93. The van der Waals surface area contributed by atoms with Gasteiger partial charge < -0.3 is 5.32 Å². The average molecular weight is 280 g/mol. The molecule has 1 nitrogen and oxygen atoms in total. The molecule has 0 aliphatic heterocycles. The fraction of sp³-hybridized carbons (Fsp3) is 1.00. The Morgan fingerprint density at radius 2 is 1.35 bits per heavy atom. The van der Waals surface area contributed by atoms with Crippen molar-refractivity contribution in [2.24, 2.45) is 11.8 Å². The van der Waals surface area contributed by atoms with Crippen LogP contribution in [0.2, 0.25) is 0 Å². The van der Waals surface area contributed by atoms with Crippen molar-refractivity contribution in [1.29, 1.82) is 0 Å². The van der Waals surface area contributed by atoms with Gasteiger partial charge in [0.25, 0.3) is 0 Å². The molecule has 20 heavy (non-hydrogen) atoms. The van der Waals surface area contributed by atoms with E-state index in [0.717, 1.165) is 17.9 Å². The quantitative estimate of drug-likeness (QED) is 0.616. The summed E-state index contributed by atoms with van der Waals surface area (Å²) in [5.74, 6) is 2.00. The van der Waals surface area contributed by atoms with Crippen LogP contribution in [0.25, 0.3) is 0 Å². The average Bonchev–Trinajstić information content (AvgIpc) is 2.88. The number of rotatable bonds is 6. The molecule has 1 N–H and O–H groups in total. The molecule has 0 saturated heterocycles. The molecule has 0 aromatic rings. The van der Waals surface area contributed by atoms with Crippen LogP contribution in [-0.2, 0) is 0 Å². The second-order valence-corrected chi connectivity index (χ2v) is 7.41. The second-order valence-electron chi connectivity index (χ2n) is 7.41. The minimum Gasteiger partial charge on any atom is -0.314 e. The Bertz CT molecular complexity index is 222. The third kappa shape index (κ3) is 5.76. The molecule has 2 aliphatic carbocycles. The van der Waals surface area contributed by atoms with Crippen molar-refractivity contribution in [1.82, 2.24) is 5.32 Å². The van der Waals surface area contributed by atoms with E-state index < -0.39 is 0 Å². The lowest BCUT2D eigenvalue weighted by molar-refractivity contribution is 0.256. The maximum Gasteiger partial charge on any atom is 0.00979 e. The lowest BCUT2D eigenvalue weighted by Gasteiger charge is -2.30. The van der Waals surface area contributed by atoms with Crippen molar-refractivity contribution < 1.29 is 0 Å². The molecule has 1 atom stereocenters. The first-order valence-electron chi connectivity index (χ1n) is 9.63. The predicted octanol–water partition coefficient (Wildman–Crippen LogP) is 5.69. The summed E-state index contributed by atoms with van der Waals surface area (Å²) in [7, 11) is 0. The molecule has 2 rings (SSSR count). The van der Waals surface area contributed by atoms with Gasteiger partial charge >= 0.3 is 0 Å². The molecule has 1 heteroatoms. The summed E-state index contributed by atoms with van der Waals surface area (Å²) >= 11 is 0. The van der Waals surface area contributed by atoms with Crippen molar-refractivity contribution in [2.75, 3.05) is 6.54 Å². The smallest absolute Gasteiger partial charge is 0.00979 e. The van der Waals surface area contributed by atoms with E-state index in [9.17, 15) is 0 Å². The molecule has 2 saturated carbocycles. The molecule has 0 spiro atoms. The van der Waals surface area contributed by atoms with Crippen LogP contribution in [0.15, 0.2) is 0 Å². The fourth-order valence-corrected chi connectivity index (χ4v) is 4.44. The van der Waals surface area contributed by atoms with Crippen LogP contribution < -0.4 is 5.32 Å². The maximum atomic E-state index is 3.93. The molecule has 0 radical (unpaired) electrons. The van der Waals surface area contributed by atoms with E-state index >= 15 is 0 Å². The van der Waals surface area contributed by atoms with Crippen LogP contribution in [-0.4, -0.2) is 12.6 Å². The van der Waals surface area contributed by atoms with Gasteiger partial charge in [0.05, 0.1) is 0 Å². The molecular formula is C19H37N. The van der Waals surface area contributed by atoms with Gasteiger partial charge in [0, 0.05) is 6.04 Å². The number of hydrogen-bond donors (Lipinski definition) is 1. The van der Waals surface area contributed by atoms with Crippen LogP contribution in [0.3, 0.4) is 0 Å². The summed E-state index contributed by atoms with van der Waals surface area (Å²) in [6, 6.07) is 0.830. The zero-order valence-electron chi connectivity index (χ0n) is 13.8. The topological polar surface area (TPSA) is 12.0 Å². The minimum atomic E-state index is 0.830. The zero-order chi connectivity index (χ0) is 14.0. The summed E-state index contributed by atoms with van der Waals surface area (Å²) in [6.45, 7) is 3.54. The Kier molecular flexibility index (Phi) is 8.02. The summed E-state index contributed by atoms with van der Waals surface area (Å²) in [5.41, 5.74) is 0. The second kappa shape index (κ2) is 9.82. The molecule has 0 aromatic heterocycles. The minimum absolute atomic E-state index is 0.830. The normalized spacial score (nSPS) is 25.1. The van der Waals surface area contributed by atoms with Gasteiger partial charge in [-0.3, -0.25) is 0 Å². The summed E-state index contributed by atoms with van der Waals surface area (Å²) in [6.07, 6.45) is 20.7. The summed E-state index contributed by atoms with van der Waals surface area (Å²) < 4.78 is 0. The molecule has 0 bridgehead atoms. The summed E-state index contributed by atoms with van der Waals surface area (Å²) in [4.78, 5) is 0. The lowest BCUT2D eigenvalue weighted by Crippen LogP contribution is -2.38. The van der Waals surface area contributed by atoms with Crippen LogP contribution in [0.4, 0.5) is 0 Å². The van der Waals surface area contributed by atoms with E-state index in [4.69, 9.17) is 0 Å². The highest BCUT2D eigenvalue weighted by atomic mass is 14.9. The highest BCUT2D eigenvalue weighted by Gasteiger charge is 2.25. The largest absolute Gasteiger partial charge is 0.314 e. The molecule has 0 aromatic carbocycles. The van der Waals surface area contributed by atoms with Crippen LogP contribution in [0.1, 0.15) is 96.8 Å². The first kappa shape index (κ1) is 16.3. The molecular weight excluding hydrogens is 242 g/mol.